The second-order valence-electron chi connectivity index (χ2n) is 4.45. The number of methoxy groups -OCH3 is 1. The largest absolute Gasteiger partial charge is 0.480 e. The zero-order chi connectivity index (χ0) is 14.1. The van der Waals surface area contributed by atoms with Crippen molar-refractivity contribution >= 4 is 11.9 Å². The number of carbonyl (C=O) groups excluding carboxylic acids is 1. The average molecular weight is 260 g/mol. The number of ether oxygens (including phenoxy) is 1. The first kappa shape index (κ1) is 16.9. The normalized spacial score (nSPS) is 15.8. The summed E-state index contributed by atoms with van der Waals surface area (Å²) < 4.78 is 4.85. The molecule has 6 nitrogen and oxygen atoms in total. The van der Waals surface area contributed by atoms with E-state index in [0.29, 0.717) is 19.4 Å². The summed E-state index contributed by atoms with van der Waals surface area (Å²) in [6.07, 6.45) is 1.68. The van der Waals surface area contributed by atoms with Gasteiger partial charge in [0.2, 0.25) is 5.91 Å². The average Bonchev–Trinajstić information content (AvgIpc) is 2.35. The number of nitrogens with one attached hydrogen (secondary N) is 1. The molecule has 0 bridgehead atoms. The maximum Gasteiger partial charge on any atom is 0.326 e. The number of hydrogen-bond acceptors (Lipinski definition) is 4. The van der Waals surface area contributed by atoms with Gasteiger partial charge in [-0.1, -0.05) is 20.3 Å². The Labute approximate surface area is 108 Å². The van der Waals surface area contributed by atoms with Crippen LogP contribution in [0.25, 0.3) is 0 Å². The van der Waals surface area contributed by atoms with E-state index in [0.717, 1.165) is 6.42 Å². The highest BCUT2D eigenvalue weighted by atomic mass is 16.5. The Morgan fingerprint density at radius 2 is 2.06 bits per heavy atom. The van der Waals surface area contributed by atoms with Crippen LogP contribution in [0.15, 0.2) is 0 Å². The van der Waals surface area contributed by atoms with E-state index in [1.807, 2.05) is 13.8 Å². The van der Waals surface area contributed by atoms with Gasteiger partial charge >= 0.3 is 5.97 Å². The van der Waals surface area contributed by atoms with Gasteiger partial charge in [-0.2, -0.15) is 0 Å². The molecule has 0 aromatic heterocycles. The van der Waals surface area contributed by atoms with Crippen LogP contribution in [0.2, 0.25) is 0 Å². The van der Waals surface area contributed by atoms with Crippen LogP contribution in [0.1, 0.15) is 33.1 Å². The molecule has 3 unspecified atom stereocenters. The maximum absolute atomic E-state index is 11.8. The lowest BCUT2D eigenvalue weighted by atomic mass is 9.99. The quantitative estimate of drug-likeness (QED) is 0.519. The third kappa shape index (κ3) is 5.97. The third-order valence-electron chi connectivity index (χ3n) is 3.02. The summed E-state index contributed by atoms with van der Waals surface area (Å²) in [5.41, 5.74) is 5.74. The van der Waals surface area contributed by atoms with Gasteiger partial charge in [0.05, 0.1) is 6.04 Å². The lowest BCUT2D eigenvalue weighted by molar-refractivity contribution is -0.142. The Kier molecular flexibility index (Phi) is 8.32. The van der Waals surface area contributed by atoms with Crippen molar-refractivity contribution in [2.45, 2.75) is 45.2 Å². The smallest absolute Gasteiger partial charge is 0.326 e. The number of amides is 1. The Hall–Kier alpha value is -1.14. The van der Waals surface area contributed by atoms with Crippen molar-refractivity contribution in [3.63, 3.8) is 0 Å². The molecule has 0 saturated heterocycles. The summed E-state index contributed by atoms with van der Waals surface area (Å²) in [6, 6.07) is -1.57. The van der Waals surface area contributed by atoms with Gasteiger partial charge in [0.1, 0.15) is 6.04 Å². The molecular weight excluding hydrogens is 236 g/mol. The second-order valence-corrected chi connectivity index (χ2v) is 4.45. The summed E-state index contributed by atoms with van der Waals surface area (Å²) in [5.74, 6) is -1.43. The Morgan fingerprint density at radius 1 is 1.44 bits per heavy atom. The van der Waals surface area contributed by atoms with Crippen LogP contribution < -0.4 is 11.1 Å². The monoisotopic (exact) mass is 260 g/mol. The van der Waals surface area contributed by atoms with E-state index in [-0.39, 0.29) is 5.92 Å². The van der Waals surface area contributed by atoms with Gasteiger partial charge in [0.15, 0.2) is 0 Å². The molecule has 18 heavy (non-hydrogen) atoms. The Morgan fingerprint density at radius 3 is 2.50 bits per heavy atom. The van der Waals surface area contributed by atoms with Crippen LogP contribution in [0, 0.1) is 5.92 Å². The van der Waals surface area contributed by atoms with Gasteiger partial charge in [-0.15, -0.1) is 0 Å². The number of rotatable bonds is 9. The van der Waals surface area contributed by atoms with E-state index >= 15 is 0 Å². The molecule has 0 aromatic rings. The molecule has 3 atom stereocenters. The minimum atomic E-state index is -1.05. The molecule has 106 valence electrons. The fourth-order valence-corrected chi connectivity index (χ4v) is 1.47. The highest BCUT2D eigenvalue weighted by molar-refractivity contribution is 5.86. The van der Waals surface area contributed by atoms with E-state index in [1.54, 1.807) is 7.11 Å². The molecule has 1 amide bonds. The molecule has 0 saturated carbocycles. The fourth-order valence-electron chi connectivity index (χ4n) is 1.47. The number of aliphatic carboxylic acids is 1. The van der Waals surface area contributed by atoms with Crippen LogP contribution in [-0.4, -0.2) is 42.8 Å². The number of carbonyl (C=O) groups is 2. The topological polar surface area (TPSA) is 102 Å². The van der Waals surface area contributed by atoms with Crippen molar-refractivity contribution < 1.29 is 19.4 Å². The zero-order valence-electron chi connectivity index (χ0n) is 11.3. The highest BCUT2D eigenvalue weighted by Crippen LogP contribution is 2.06. The second kappa shape index (κ2) is 8.88. The summed E-state index contributed by atoms with van der Waals surface area (Å²) in [7, 11) is 1.55. The standard InChI is InChI=1S/C12H24N2O4/c1-4-8(2)10(13)11(15)14-9(12(16)17)6-5-7-18-3/h8-10H,4-7,13H2,1-3H3,(H,14,15)(H,16,17). The molecule has 0 aliphatic carbocycles. The predicted molar refractivity (Wildman–Crippen MR) is 68.1 cm³/mol. The SMILES string of the molecule is CCC(C)C(N)C(=O)NC(CCCOC)C(=O)O. The lowest BCUT2D eigenvalue weighted by Crippen LogP contribution is -2.50. The number of nitrogens with two attached hydrogens (primary N) is 1. The van der Waals surface area contributed by atoms with Crippen molar-refractivity contribution in [2.75, 3.05) is 13.7 Å². The van der Waals surface area contributed by atoms with E-state index in [1.165, 1.54) is 0 Å². The maximum atomic E-state index is 11.8. The molecule has 0 radical (unpaired) electrons. The van der Waals surface area contributed by atoms with Crippen molar-refractivity contribution in [3.8, 4) is 0 Å². The molecule has 0 heterocycles. The first-order valence-corrected chi connectivity index (χ1v) is 6.21. The molecule has 0 aromatic carbocycles. The van der Waals surface area contributed by atoms with Crippen LogP contribution in [0.3, 0.4) is 0 Å². The lowest BCUT2D eigenvalue weighted by Gasteiger charge is -2.21. The van der Waals surface area contributed by atoms with Crippen molar-refractivity contribution in [3.05, 3.63) is 0 Å². The van der Waals surface area contributed by atoms with E-state index in [9.17, 15) is 9.59 Å². The summed E-state index contributed by atoms with van der Waals surface area (Å²) in [5, 5.41) is 11.5. The van der Waals surface area contributed by atoms with Crippen molar-refractivity contribution in [2.24, 2.45) is 11.7 Å². The molecule has 6 heteroatoms. The molecule has 0 rings (SSSR count). The summed E-state index contributed by atoms with van der Waals surface area (Å²) in [4.78, 5) is 22.8. The van der Waals surface area contributed by atoms with Crippen LogP contribution in [0.5, 0.6) is 0 Å². The van der Waals surface area contributed by atoms with Gasteiger partial charge in [-0.05, 0) is 18.8 Å². The summed E-state index contributed by atoms with van der Waals surface area (Å²) in [6.45, 7) is 4.27. The number of hydrogen-bond donors (Lipinski definition) is 3. The first-order chi connectivity index (χ1) is 8.43. The molecule has 0 aliphatic heterocycles. The summed E-state index contributed by atoms with van der Waals surface area (Å²) >= 11 is 0. The van der Waals surface area contributed by atoms with Crippen molar-refractivity contribution in [1.82, 2.24) is 5.32 Å². The van der Waals surface area contributed by atoms with Gasteiger partial charge in [-0.25, -0.2) is 4.79 Å². The van der Waals surface area contributed by atoms with Gasteiger partial charge in [0.25, 0.3) is 0 Å². The predicted octanol–water partition coefficient (Wildman–Crippen LogP) is 0.356. The number of carboxylic acids is 1. The first-order valence-electron chi connectivity index (χ1n) is 6.21. The van der Waals surface area contributed by atoms with E-state index in [2.05, 4.69) is 5.32 Å². The van der Waals surface area contributed by atoms with Gasteiger partial charge < -0.3 is 20.9 Å². The van der Waals surface area contributed by atoms with Crippen LogP contribution >= 0.6 is 0 Å². The molecule has 0 spiro atoms. The minimum Gasteiger partial charge on any atom is -0.480 e. The molecular formula is C12H24N2O4. The van der Waals surface area contributed by atoms with Crippen molar-refractivity contribution in [1.29, 1.82) is 0 Å². The molecule has 4 N–H and O–H groups in total. The number of carboxylic acid groups (broad SMARTS) is 1. The van der Waals surface area contributed by atoms with E-state index in [4.69, 9.17) is 15.6 Å². The fraction of sp³-hybridized carbons (Fsp3) is 0.833. The Bertz CT molecular complexity index is 271. The molecule has 0 fully saturated rings. The molecule has 0 aliphatic rings. The zero-order valence-corrected chi connectivity index (χ0v) is 11.3. The Balaban J connectivity index is 4.31. The third-order valence-corrected chi connectivity index (χ3v) is 3.02. The minimum absolute atomic E-state index is 0.0263. The van der Waals surface area contributed by atoms with E-state index < -0.39 is 24.0 Å². The highest BCUT2D eigenvalue weighted by Gasteiger charge is 2.25. The van der Waals surface area contributed by atoms with Crippen LogP contribution in [-0.2, 0) is 14.3 Å². The van der Waals surface area contributed by atoms with Gasteiger partial charge in [0, 0.05) is 13.7 Å². The van der Waals surface area contributed by atoms with Gasteiger partial charge in [-0.3, -0.25) is 4.79 Å². The van der Waals surface area contributed by atoms with Crippen LogP contribution in [0.4, 0.5) is 0 Å².